The SMILES string of the molecule is CCOC(=O)C(N)[CH2][AlH][CH3]. The summed E-state index contributed by atoms with van der Waals surface area (Å²) < 4.78 is 4.71. The van der Waals surface area contributed by atoms with E-state index in [4.69, 9.17) is 10.5 Å². The number of hydrogen-bond acceptors (Lipinski definition) is 3. The van der Waals surface area contributed by atoms with Crippen LogP contribution < -0.4 is 5.73 Å². The first-order chi connectivity index (χ1) is 4.72. The number of hydrogen-bond donors (Lipinski definition) is 1. The Morgan fingerprint density at radius 2 is 2.40 bits per heavy atom. The van der Waals surface area contributed by atoms with Crippen molar-refractivity contribution >= 4 is 21.2 Å². The molecule has 0 spiro atoms. The molecule has 0 aliphatic heterocycles. The van der Waals surface area contributed by atoms with Crippen molar-refractivity contribution in [1.29, 1.82) is 0 Å². The number of esters is 1. The molecular formula is C6H14AlNO2. The fourth-order valence-corrected chi connectivity index (χ4v) is 1.54. The molecule has 0 amide bonds. The highest BCUT2D eigenvalue weighted by Gasteiger charge is 2.12. The smallest absolute Gasteiger partial charge is 0.321 e. The lowest BCUT2D eigenvalue weighted by Crippen LogP contribution is -2.32. The molecule has 0 aromatic carbocycles. The number of carbonyl (C=O) groups is 1. The van der Waals surface area contributed by atoms with E-state index >= 15 is 0 Å². The van der Waals surface area contributed by atoms with Gasteiger partial charge in [0.15, 0.2) is 0 Å². The number of nitrogens with two attached hydrogens (primary N) is 1. The molecule has 0 saturated carbocycles. The van der Waals surface area contributed by atoms with E-state index < -0.39 is 0 Å². The van der Waals surface area contributed by atoms with E-state index in [0.29, 0.717) is 6.61 Å². The molecule has 2 N–H and O–H groups in total. The van der Waals surface area contributed by atoms with Crippen LogP contribution in [0.5, 0.6) is 0 Å². The molecule has 0 rings (SSSR count). The van der Waals surface area contributed by atoms with Gasteiger partial charge >= 0.3 is 5.97 Å². The lowest BCUT2D eigenvalue weighted by molar-refractivity contribution is -0.144. The van der Waals surface area contributed by atoms with Crippen LogP contribution in [0.2, 0.25) is 11.1 Å². The second-order valence-corrected chi connectivity index (χ2v) is 3.72. The highest BCUT2D eigenvalue weighted by molar-refractivity contribution is 6.34. The van der Waals surface area contributed by atoms with Crippen molar-refractivity contribution in [2.75, 3.05) is 6.61 Å². The molecular weight excluding hydrogens is 145 g/mol. The monoisotopic (exact) mass is 159 g/mol. The molecule has 0 radical (unpaired) electrons. The van der Waals surface area contributed by atoms with Gasteiger partial charge in [0.05, 0.1) is 12.6 Å². The van der Waals surface area contributed by atoms with Gasteiger partial charge in [0.1, 0.15) is 0 Å². The Bertz CT molecular complexity index is 108. The van der Waals surface area contributed by atoms with Crippen molar-refractivity contribution in [3.8, 4) is 0 Å². The van der Waals surface area contributed by atoms with Crippen molar-refractivity contribution in [3.05, 3.63) is 0 Å². The fourth-order valence-electron chi connectivity index (χ4n) is 0.678. The lowest BCUT2D eigenvalue weighted by Gasteiger charge is -2.07. The van der Waals surface area contributed by atoms with E-state index in [1.807, 2.05) is 0 Å². The Hall–Kier alpha value is -0.0375. The Kier molecular flexibility index (Phi) is 5.70. The summed E-state index contributed by atoms with van der Waals surface area (Å²) in [4.78, 5) is 10.8. The topological polar surface area (TPSA) is 52.3 Å². The van der Waals surface area contributed by atoms with Gasteiger partial charge in [0.2, 0.25) is 15.2 Å². The molecule has 0 heterocycles. The summed E-state index contributed by atoms with van der Waals surface area (Å²) >= 11 is -0.119. The van der Waals surface area contributed by atoms with Crippen LogP contribution in [0.1, 0.15) is 6.92 Å². The molecule has 58 valence electrons. The maximum atomic E-state index is 10.8. The standard InChI is InChI=1S/C5H10NO2.CH3.Al.H/c1-3-8-5(7)4(2)6;;;/h4H,2-3,6H2,1H3;1H3;;. The molecule has 0 saturated heterocycles. The minimum atomic E-state index is -0.364. The molecule has 10 heavy (non-hydrogen) atoms. The number of carbonyl (C=O) groups excluding carboxylic acids is 1. The van der Waals surface area contributed by atoms with E-state index in [0.717, 1.165) is 5.28 Å². The van der Waals surface area contributed by atoms with Gasteiger partial charge in [-0.05, 0) is 6.92 Å². The molecule has 3 nitrogen and oxygen atoms in total. The minimum absolute atomic E-state index is 0.119. The molecule has 0 aromatic rings. The Morgan fingerprint density at radius 3 is 2.80 bits per heavy atom. The van der Waals surface area contributed by atoms with Crippen LogP contribution in [0.15, 0.2) is 0 Å². The first-order valence-corrected chi connectivity index (χ1v) is 6.06. The zero-order chi connectivity index (χ0) is 7.98. The van der Waals surface area contributed by atoms with E-state index in [1.54, 1.807) is 6.92 Å². The van der Waals surface area contributed by atoms with Crippen molar-refractivity contribution in [2.45, 2.75) is 24.0 Å². The Balaban J connectivity index is 3.49. The van der Waals surface area contributed by atoms with Crippen LogP contribution in [-0.2, 0) is 9.53 Å². The summed E-state index contributed by atoms with van der Waals surface area (Å²) in [6.45, 7) is 2.21. The maximum Gasteiger partial charge on any atom is 0.321 e. The van der Waals surface area contributed by atoms with Crippen LogP contribution >= 0.6 is 0 Å². The lowest BCUT2D eigenvalue weighted by atomic mass is 10.4. The summed E-state index contributed by atoms with van der Waals surface area (Å²) in [7, 11) is 0. The average Bonchev–Trinajstić information content (AvgIpc) is 1.89. The number of rotatable bonds is 4. The first-order valence-electron chi connectivity index (χ1n) is 3.64. The van der Waals surface area contributed by atoms with Crippen molar-refractivity contribution in [1.82, 2.24) is 0 Å². The third-order valence-corrected chi connectivity index (χ3v) is 2.39. The molecule has 1 atom stereocenters. The van der Waals surface area contributed by atoms with Crippen LogP contribution in [0, 0.1) is 0 Å². The van der Waals surface area contributed by atoms with Gasteiger partial charge < -0.3 is 10.5 Å². The van der Waals surface area contributed by atoms with Crippen LogP contribution in [0.3, 0.4) is 0 Å². The molecule has 0 aliphatic rings. The van der Waals surface area contributed by atoms with E-state index in [-0.39, 0.29) is 27.2 Å². The van der Waals surface area contributed by atoms with Crippen molar-refractivity contribution in [2.24, 2.45) is 5.73 Å². The Morgan fingerprint density at radius 1 is 1.80 bits per heavy atom. The van der Waals surface area contributed by atoms with E-state index in [2.05, 4.69) is 5.79 Å². The van der Waals surface area contributed by atoms with Gasteiger partial charge in [-0.15, -0.1) is 5.79 Å². The second-order valence-electron chi connectivity index (χ2n) is 2.15. The third-order valence-electron chi connectivity index (χ3n) is 1.19. The number of ether oxygens (including phenoxy) is 1. The quantitative estimate of drug-likeness (QED) is 0.455. The Labute approximate surface area is 67.6 Å². The molecule has 1 unspecified atom stereocenters. The minimum Gasteiger partial charge on any atom is -0.465 e. The normalized spacial score (nSPS) is 12.3. The van der Waals surface area contributed by atoms with Gasteiger partial charge in [-0.1, -0.05) is 5.28 Å². The van der Waals surface area contributed by atoms with Gasteiger partial charge in [-0.3, -0.25) is 4.79 Å². The zero-order valence-electron chi connectivity index (χ0n) is 6.59. The maximum absolute atomic E-state index is 10.8. The summed E-state index contributed by atoms with van der Waals surface area (Å²) in [5, 5.41) is 0.846. The van der Waals surface area contributed by atoms with Crippen LogP contribution in [0.4, 0.5) is 0 Å². The summed E-state index contributed by atoms with van der Waals surface area (Å²) in [6, 6.07) is -0.364. The highest BCUT2D eigenvalue weighted by Crippen LogP contribution is 1.91. The third kappa shape index (κ3) is 3.89. The first kappa shape index (κ1) is 9.96. The van der Waals surface area contributed by atoms with Gasteiger partial charge in [0.25, 0.3) is 0 Å². The molecule has 0 bridgehead atoms. The fraction of sp³-hybridized carbons (Fsp3) is 0.833. The summed E-state index contributed by atoms with van der Waals surface area (Å²) in [5.41, 5.74) is 5.47. The predicted molar refractivity (Wildman–Crippen MR) is 42.4 cm³/mol. The summed E-state index contributed by atoms with van der Waals surface area (Å²) in [5.74, 6) is 1.87. The van der Waals surface area contributed by atoms with Gasteiger partial charge in [-0.25, -0.2) is 0 Å². The molecule has 0 aliphatic carbocycles. The zero-order valence-corrected chi connectivity index (χ0v) is 8.01. The second kappa shape index (κ2) is 5.73. The molecule has 0 aromatic heterocycles. The van der Waals surface area contributed by atoms with Crippen molar-refractivity contribution in [3.63, 3.8) is 0 Å². The highest BCUT2D eigenvalue weighted by atomic mass is 27.1. The molecule has 0 fully saturated rings. The summed E-state index contributed by atoms with van der Waals surface area (Å²) in [6.07, 6.45) is 0. The average molecular weight is 159 g/mol. The van der Waals surface area contributed by atoms with Crippen LogP contribution in [0.25, 0.3) is 0 Å². The largest absolute Gasteiger partial charge is 0.465 e. The van der Waals surface area contributed by atoms with Gasteiger partial charge in [0, 0.05) is 0 Å². The van der Waals surface area contributed by atoms with Crippen molar-refractivity contribution < 1.29 is 9.53 Å². The van der Waals surface area contributed by atoms with Gasteiger partial charge in [-0.2, -0.15) is 0 Å². The molecule has 4 heteroatoms. The van der Waals surface area contributed by atoms with Crippen LogP contribution in [-0.4, -0.2) is 33.8 Å². The van der Waals surface area contributed by atoms with E-state index in [9.17, 15) is 4.79 Å². The predicted octanol–water partition coefficient (Wildman–Crippen LogP) is -0.220. The van der Waals surface area contributed by atoms with E-state index in [1.165, 1.54) is 0 Å².